The van der Waals surface area contributed by atoms with Gasteiger partial charge in [0.1, 0.15) is 12.1 Å². The molecule has 0 radical (unpaired) electrons. The molecule has 3 rings (SSSR count). The maximum Gasteiger partial charge on any atom is 0.326 e. The first-order valence-electron chi connectivity index (χ1n) is 10.1. The minimum Gasteiger partial charge on any atom is -0.482 e. The summed E-state index contributed by atoms with van der Waals surface area (Å²) in [6.45, 7) is 1.34. The number of nitro benzene ring substituents is 1. The normalized spacial score (nSPS) is 13.7. The smallest absolute Gasteiger partial charge is 0.326 e. The lowest BCUT2D eigenvalue weighted by Crippen LogP contribution is -2.57. The molecule has 0 aromatic heterocycles. The van der Waals surface area contributed by atoms with E-state index >= 15 is 0 Å². The second kappa shape index (κ2) is 10.1. The molecule has 0 bridgehead atoms. The molecule has 0 saturated carbocycles. The van der Waals surface area contributed by atoms with Crippen molar-refractivity contribution in [3.8, 4) is 16.9 Å². The first kappa shape index (κ1) is 24.4. The van der Waals surface area contributed by atoms with E-state index in [4.69, 9.17) is 10.5 Å². The van der Waals surface area contributed by atoms with Crippen LogP contribution in [0.3, 0.4) is 0 Å². The van der Waals surface area contributed by atoms with Gasteiger partial charge in [-0.3, -0.25) is 14.9 Å². The number of nitro groups is 1. The fourth-order valence-electron chi connectivity index (χ4n) is 3.36. The molecule has 8 nitrogen and oxygen atoms in total. The van der Waals surface area contributed by atoms with Gasteiger partial charge in [-0.25, -0.2) is 0 Å². The molecule has 4 N–H and O–H groups in total. The number of ether oxygens (including phenoxy) is 1. The fraction of sp³-hybridized carbons (Fsp3) is 0.208. The van der Waals surface area contributed by atoms with E-state index in [0.29, 0.717) is 5.56 Å². The zero-order chi connectivity index (χ0) is 24.2. The Hall–Kier alpha value is -3.27. The lowest BCUT2D eigenvalue weighted by Gasteiger charge is -2.27. The van der Waals surface area contributed by atoms with Crippen molar-refractivity contribution in [1.29, 1.82) is 0 Å². The van der Waals surface area contributed by atoms with E-state index in [0.717, 1.165) is 21.2 Å². The van der Waals surface area contributed by atoms with Crippen LogP contribution >= 0.6 is 15.9 Å². The second-order valence-electron chi connectivity index (χ2n) is 7.69. The monoisotopic (exact) mass is 514 g/mol. The van der Waals surface area contributed by atoms with Crippen molar-refractivity contribution in [3.05, 3.63) is 92.4 Å². The second-order valence-corrected chi connectivity index (χ2v) is 8.48. The number of nitrogens with zero attached hydrogens (tertiary/aromatic N) is 1. The van der Waals surface area contributed by atoms with E-state index in [1.165, 1.54) is 25.1 Å². The Kier molecular flexibility index (Phi) is 7.47. The van der Waals surface area contributed by atoms with Gasteiger partial charge in [0.2, 0.25) is 0 Å². The molecule has 0 spiro atoms. The van der Waals surface area contributed by atoms with E-state index < -0.39 is 22.5 Å². The molecular formula is C24H23BrN2O6. The summed E-state index contributed by atoms with van der Waals surface area (Å²) in [4.78, 5) is 22.6. The average Bonchev–Trinajstić information content (AvgIpc) is 2.79. The maximum absolute atomic E-state index is 11.6. The van der Waals surface area contributed by atoms with Gasteiger partial charge in [0.15, 0.2) is 5.75 Å². The molecule has 3 aromatic rings. The average molecular weight is 515 g/mol. The van der Waals surface area contributed by atoms with E-state index in [1.807, 2.05) is 48.5 Å². The number of hydrogen-bond acceptors (Lipinski definition) is 6. The number of carboxylic acid groups (broad SMARTS) is 1. The van der Waals surface area contributed by atoms with Crippen molar-refractivity contribution < 1.29 is 24.7 Å². The van der Waals surface area contributed by atoms with Crippen molar-refractivity contribution >= 4 is 27.6 Å². The van der Waals surface area contributed by atoms with Gasteiger partial charge in [-0.1, -0.05) is 54.6 Å². The Bertz CT molecular complexity index is 1170. The molecule has 0 aliphatic rings. The molecule has 2 atom stereocenters. The van der Waals surface area contributed by atoms with Crippen LogP contribution in [0.1, 0.15) is 18.1 Å². The van der Waals surface area contributed by atoms with Gasteiger partial charge in [-0.15, -0.1) is 0 Å². The fourth-order valence-corrected chi connectivity index (χ4v) is 3.97. The number of hydrogen-bond donors (Lipinski definition) is 3. The van der Waals surface area contributed by atoms with Crippen LogP contribution in [0.5, 0.6) is 5.75 Å². The Morgan fingerprint density at radius 1 is 1.18 bits per heavy atom. The quantitative estimate of drug-likeness (QED) is 0.285. The molecule has 0 heterocycles. The number of aliphatic hydroxyl groups excluding tert-OH is 1. The van der Waals surface area contributed by atoms with Gasteiger partial charge >= 0.3 is 11.7 Å². The van der Waals surface area contributed by atoms with Crippen molar-refractivity contribution in [2.45, 2.75) is 31.6 Å². The van der Waals surface area contributed by atoms with Crippen LogP contribution in [-0.2, 0) is 17.8 Å². The lowest BCUT2D eigenvalue weighted by atomic mass is 9.87. The van der Waals surface area contributed by atoms with Gasteiger partial charge in [-0.2, -0.15) is 0 Å². The summed E-state index contributed by atoms with van der Waals surface area (Å²) in [6.07, 6.45) is -1.65. The Labute approximate surface area is 198 Å². The highest BCUT2D eigenvalue weighted by atomic mass is 79.9. The van der Waals surface area contributed by atoms with Crippen LogP contribution in [-0.4, -0.2) is 32.7 Å². The molecule has 3 aromatic carbocycles. The van der Waals surface area contributed by atoms with Gasteiger partial charge in [0.25, 0.3) is 0 Å². The molecule has 0 unspecified atom stereocenters. The highest BCUT2D eigenvalue weighted by molar-refractivity contribution is 9.10. The van der Waals surface area contributed by atoms with Crippen LogP contribution < -0.4 is 10.5 Å². The van der Waals surface area contributed by atoms with Gasteiger partial charge in [-0.05, 0) is 45.6 Å². The lowest BCUT2D eigenvalue weighted by molar-refractivity contribution is -0.386. The third-order valence-corrected chi connectivity index (χ3v) is 6.34. The van der Waals surface area contributed by atoms with Crippen LogP contribution in [0.2, 0.25) is 0 Å². The number of rotatable bonds is 9. The van der Waals surface area contributed by atoms with Crippen LogP contribution in [0.4, 0.5) is 5.69 Å². The molecule has 0 fully saturated rings. The summed E-state index contributed by atoms with van der Waals surface area (Å²) in [5.74, 6) is -1.36. The van der Waals surface area contributed by atoms with Crippen LogP contribution in [0.25, 0.3) is 11.1 Å². The summed E-state index contributed by atoms with van der Waals surface area (Å²) in [6, 6.07) is 19.6. The molecule has 0 aliphatic carbocycles. The number of aliphatic carboxylic acids is 1. The summed E-state index contributed by atoms with van der Waals surface area (Å²) in [5, 5.41) is 30.8. The molecule has 0 saturated heterocycles. The highest BCUT2D eigenvalue weighted by Gasteiger charge is 2.39. The van der Waals surface area contributed by atoms with E-state index in [9.17, 15) is 25.1 Å². The maximum atomic E-state index is 11.6. The zero-order valence-corrected chi connectivity index (χ0v) is 19.4. The first-order chi connectivity index (χ1) is 15.6. The summed E-state index contributed by atoms with van der Waals surface area (Å²) < 4.78 is 6.59. The Morgan fingerprint density at radius 3 is 2.48 bits per heavy atom. The van der Waals surface area contributed by atoms with E-state index in [2.05, 4.69) is 15.9 Å². The first-order valence-corrected chi connectivity index (χ1v) is 10.9. The minimum atomic E-state index is -1.97. The third-order valence-electron chi connectivity index (χ3n) is 5.41. The predicted molar refractivity (Wildman–Crippen MR) is 127 cm³/mol. The third kappa shape index (κ3) is 5.39. The highest BCUT2D eigenvalue weighted by Crippen LogP contribution is 2.34. The molecule has 0 aliphatic heterocycles. The standard InChI is InChI=1S/C24H23BrN2O6/c1-15(28)24(26,23(29)30)13-16-10-11-21(20(12-16)27(31)32)33-14-18-8-5-9-19(22(18)25)17-6-3-2-4-7-17/h2-12,15,28H,13-14,26H2,1H3,(H,29,30)/t15-,24+/m1/s1. The molecule has 9 heteroatoms. The van der Waals surface area contributed by atoms with Gasteiger partial charge in [0, 0.05) is 22.5 Å². The summed E-state index contributed by atoms with van der Waals surface area (Å²) >= 11 is 3.60. The molecule has 172 valence electrons. The largest absolute Gasteiger partial charge is 0.482 e. The summed E-state index contributed by atoms with van der Waals surface area (Å²) in [7, 11) is 0. The van der Waals surface area contributed by atoms with E-state index in [-0.39, 0.29) is 24.5 Å². The van der Waals surface area contributed by atoms with Gasteiger partial charge < -0.3 is 20.7 Å². The number of aliphatic hydroxyl groups is 1. The summed E-state index contributed by atoms with van der Waals surface area (Å²) in [5.41, 5.74) is 6.63. The number of nitrogens with two attached hydrogens (primary N) is 1. The number of benzene rings is 3. The molecule has 0 amide bonds. The topological polar surface area (TPSA) is 136 Å². The number of halogens is 1. The van der Waals surface area contributed by atoms with Crippen molar-refractivity contribution in [3.63, 3.8) is 0 Å². The number of carbonyl (C=O) groups is 1. The molecular weight excluding hydrogens is 492 g/mol. The minimum absolute atomic E-state index is 0.0377. The van der Waals surface area contributed by atoms with Crippen molar-refractivity contribution in [2.24, 2.45) is 5.73 Å². The zero-order valence-electron chi connectivity index (χ0n) is 17.8. The van der Waals surface area contributed by atoms with Crippen LogP contribution in [0.15, 0.2) is 71.2 Å². The molecule has 33 heavy (non-hydrogen) atoms. The van der Waals surface area contributed by atoms with Crippen molar-refractivity contribution in [2.75, 3.05) is 0 Å². The number of carboxylic acids is 1. The Morgan fingerprint density at radius 2 is 1.88 bits per heavy atom. The predicted octanol–water partition coefficient (Wildman–Crippen LogP) is 4.31. The Balaban J connectivity index is 1.85. The van der Waals surface area contributed by atoms with Crippen LogP contribution in [0, 0.1) is 10.1 Å². The van der Waals surface area contributed by atoms with E-state index in [1.54, 1.807) is 0 Å². The SMILES string of the molecule is C[C@@H](O)[C@@](N)(Cc1ccc(OCc2cccc(-c3ccccc3)c2Br)c([N+](=O)[O-])c1)C(=O)O. The van der Waals surface area contributed by atoms with Gasteiger partial charge in [0.05, 0.1) is 11.0 Å². The van der Waals surface area contributed by atoms with Crippen molar-refractivity contribution in [1.82, 2.24) is 0 Å².